The number of fused-ring (bicyclic) bond motifs is 1. The molecule has 0 bridgehead atoms. The van der Waals surface area contributed by atoms with Crippen molar-refractivity contribution in [2.75, 3.05) is 5.73 Å². The van der Waals surface area contributed by atoms with E-state index in [4.69, 9.17) is 5.73 Å². The maximum absolute atomic E-state index is 10.8. The van der Waals surface area contributed by atoms with Gasteiger partial charge >= 0.3 is 0 Å². The summed E-state index contributed by atoms with van der Waals surface area (Å²) in [5.74, 6) is 0. The molecule has 3 rings (SSSR count). The number of para-hydroxylation sites is 1. The SMILES string of the molecule is Nc1cc(Sc2cc3ccccc3[nH]2)cc([N+](=O)[O-])c1. The summed E-state index contributed by atoms with van der Waals surface area (Å²) in [6, 6.07) is 14.5. The average Bonchev–Trinajstić information content (AvgIpc) is 2.79. The van der Waals surface area contributed by atoms with Gasteiger partial charge in [0.2, 0.25) is 0 Å². The van der Waals surface area contributed by atoms with Crippen LogP contribution < -0.4 is 5.73 Å². The number of nitro groups is 1. The van der Waals surface area contributed by atoms with Gasteiger partial charge in [-0.1, -0.05) is 30.0 Å². The molecule has 0 unspecified atom stereocenters. The highest BCUT2D eigenvalue weighted by Gasteiger charge is 2.10. The first-order chi connectivity index (χ1) is 9.61. The maximum Gasteiger partial charge on any atom is 0.272 e. The molecule has 1 heterocycles. The highest BCUT2D eigenvalue weighted by molar-refractivity contribution is 7.99. The molecule has 0 spiro atoms. The van der Waals surface area contributed by atoms with Crippen LogP contribution in [0.15, 0.2) is 58.5 Å². The van der Waals surface area contributed by atoms with Gasteiger partial charge in [-0.15, -0.1) is 0 Å². The molecular weight excluding hydrogens is 274 g/mol. The number of hydrogen-bond acceptors (Lipinski definition) is 4. The van der Waals surface area contributed by atoms with Crippen LogP contribution in [0.5, 0.6) is 0 Å². The monoisotopic (exact) mass is 285 g/mol. The topological polar surface area (TPSA) is 85.0 Å². The molecule has 3 N–H and O–H groups in total. The van der Waals surface area contributed by atoms with Gasteiger partial charge < -0.3 is 10.7 Å². The van der Waals surface area contributed by atoms with Gasteiger partial charge in [-0.2, -0.15) is 0 Å². The molecule has 20 heavy (non-hydrogen) atoms. The highest BCUT2D eigenvalue weighted by Crippen LogP contribution is 2.33. The predicted molar refractivity (Wildman–Crippen MR) is 79.9 cm³/mol. The van der Waals surface area contributed by atoms with Crippen LogP contribution in [-0.2, 0) is 0 Å². The fourth-order valence-electron chi connectivity index (χ4n) is 2.00. The number of nitrogens with two attached hydrogens (primary N) is 1. The van der Waals surface area contributed by atoms with Crippen molar-refractivity contribution < 1.29 is 4.92 Å². The molecule has 6 heteroatoms. The fraction of sp³-hybridized carbons (Fsp3) is 0. The van der Waals surface area contributed by atoms with Crippen LogP contribution in [0.25, 0.3) is 10.9 Å². The van der Waals surface area contributed by atoms with Crippen LogP contribution in [0.3, 0.4) is 0 Å². The zero-order chi connectivity index (χ0) is 14.1. The number of aromatic nitrogens is 1. The van der Waals surface area contributed by atoms with E-state index in [1.807, 2.05) is 30.3 Å². The number of nitrogens with one attached hydrogen (secondary N) is 1. The Labute approximate surface area is 118 Å². The van der Waals surface area contributed by atoms with E-state index >= 15 is 0 Å². The maximum atomic E-state index is 10.8. The molecule has 3 aromatic rings. The van der Waals surface area contributed by atoms with Crippen molar-refractivity contribution in [3.05, 3.63) is 58.6 Å². The minimum absolute atomic E-state index is 0.00334. The number of anilines is 1. The third-order valence-corrected chi connectivity index (χ3v) is 3.77. The molecular formula is C14H11N3O2S. The molecule has 1 aromatic heterocycles. The normalized spacial score (nSPS) is 10.8. The summed E-state index contributed by atoms with van der Waals surface area (Å²) in [7, 11) is 0. The highest BCUT2D eigenvalue weighted by atomic mass is 32.2. The first-order valence-electron chi connectivity index (χ1n) is 5.92. The largest absolute Gasteiger partial charge is 0.398 e. The Morgan fingerprint density at radius 2 is 1.95 bits per heavy atom. The van der Waals surface area contributed by atoms with E-state index in [0.29, 0.717) is 5.69 Å². The first-order valence-corrected chi connectivity index (χ1v) is 6.74. The van der Waals surface area contributed by atoms with Crippen molar-refractivity contribution >= 4 is 34.0 Å². The Hall–Kier alpha value is -2.47. The quantitative estimate of drug-likeness (QED) is 0.435. The summed E-state index contributed by atoms with van der Waals surface area (Å²) in [4.78, 5) is 14.4. The van der Waals surface area contributed by atoms with Gasteiger partial charge in [-0.05, 0) is 18.2 Å². The van der Waals surface area contributed by atoms with Gasteiger partial charge in [0.25, 0.3) is 5.69 Å². The van der Waals surface area contributed by atoms with Crippen LogP contribution in [0.4, 0.5) is 11.4 Å². The fourth-order valence-corrected chi connectivity index (χ4v) is 2.97. The number of rotatable bonds is 3. The molecule has 0 fully saturated rings. The molecule has 0 aliphatic rings. The van der Waals surface area contributed by atoms with Crippen LogP contribution in [0, 0.1) is 10.1 Å². The van der Waals surface area contributed by atoms with E-state index in [1.54, 1.807) is 6.07 Å². The zero-order valence-electron chi connectivity index (χ0n) is 10.4. The molecule has 2 aromatic carbocycles. The van der Waals surface area contributed by atoms with Crippen LogP contribution >= 0.6 is 11.8 Å². The predicted octanol–water partition coefficient (Wildman–Crippen LogP) is 3.81. The number of non-ortho nitro benzene ring substituents is 1. The lowest BCUT2D eigenvalue weighted by Crippen LogP contribution is -1.92. The number of hydrogen-bond donors (Lipinski definition) is 2. The summed E-state index contributed by atoms with van der Waals surface area (Å²) < 4.78 is 0. The average molecular weight is 285 g/mol. The van der Waals surface area contributed by atoms with Gasteiger partial charge in [-0.25, -0.2) is 0 Å². The molecule has 0 radical (unpaired) electrons. The molecule has 0 saturated heterocycles. The van der Waals surface area contributed by atoms with Crippen molar-refractivity contribution in [1.82, 2.24) is 4.98 Å². The Kier molecular flexibility index (Phi) is 3.08. The van der Waals surface area contributed by atoms with E-state index < -0.39 is 4.92 Å². The number of aromatic amines is 1. The summed E-state index contributed by atoms with van der Waals surface area (Å²) in [5.41, 5.74) is 7.12. The summed E-state index contributed by atoms with van der Waals surface area (Å²) in [6.07, 6.45) is 0. The van der Waals surface area contributed by atoms with E-state index in [9.17, 15) is 10.1 Å². The van der Waals surface area contributed by atoms with Crippen LogP contribution in [0.1, 0.15) is 0 Å². The molecule has 0 aliphatic carbocycles. The van der Waals surface area contributed by atoms with E-state index in [1.165, 1.54) is 23.9 Å². The first kappa shape index (κ1) is 12.6. The standard InChI is InChI=1S/C14H11N3O2S/c15-10-6-11(17(18)19)8-12(7-10)20-14-5-9-3-1-2-4-13(9)16-14/h1-8,16H,15H2. The molecule has 0 aliphatic heterocycles. The number of nitro benzene ring substituents is 1. The minimum Gasteiger partial charge on any atom is -0.398 e. The Morgan fingerprint density at radius 1 is 1.15 bits per heavy atom. The number of H-pyrrole nitrogens is 1. The third-order valence-electron chi connectivity index (χ3n) is 2.86. The number of nitrogens with zero attached hydrogens (tertiary/aromatic N) is 1. The van der Waals surface area contributed by atoms with E-state index in [-0.39, 0.29) is 5.69 Å². The Bertz CT molecular complexity index is 765. The van der Waals surface area contributed by atoms with Gasteiger partial charge in [0.05, 0.1) is 9.95 Å². The summed E-state index contributed by atoms with van der Waals surface area (Å²) in [6.45, 7) is 0. The lowest BCUT2D eigenvalue weighted by Gasteiger charge is -2.01. The van der Waals surface area contributed by atoms with Gasteiger partial charge in [-0.3, -0.25) is 10.1 Å². The van der Waals surface area contributed by atoms with Crippen molar-refractivity contribution in [2.45, 2.75) is 9.92 Å². The molecule has 100 valence electrons. The second-order valence-electron chi connectivity index (χ2n) is 4.34. The number of nitrogen functional groups attached to an aromatic ring is 1. The molecule has 0 saturated carbocycles. The van der Waals surface area contributed by atoms with Gasteiger partial charge in [0.1, 0.15) is 0 Å². The second-order valence-corrected chi connectivity index (χ2v) is 5.46. The zero-order valence-corrected chi connectivity index (χ0v) is 11.2. The molecule has 0 amide bonds. The minimum atomic E-state index is -0.439. The second kappa shape index (κ2) is 4.90. The third kappa shape index (κ3) is 2.46. The van der Waals surface area contributed by atoms with E-state index in [0.717, 1.165) is 20.8 Å². The lowest BCUT2D eigenvalue weighted by molar-refractivity contribution is -0.385. The lowest BCUT2D eigenvalue weighted by atomic mass is 10.3. The Morgan fingerprint density at radius 3 is 2.70 bits per heavy atom. The smallest absolute Gasteiger partial charge is 0.272 e. The van der Waals surface area contributed by atoms with Crippen molar-refractivity contribution in [1.29, 1.82) is 0 Å². The van der Waals surface area contributed by atoms with Crippen LogP contribution in [0.2, 0.25) is 0 Å². The van der Waals surface area contributed by atoms with Crippen molar-refractivity contribution in [3.8, 4) is 0 Å². The Balaban J connectivity index is 1.96. The van der Waals surface area contributed by atoms with E-state index in [2.05, 4.69) is 4.98 Å². The summed E-state index contributed by atoms with van der Waals surface area (Å²) in [5, 5.41) is 12.9. The van der Waals surface area contributed by atoms with Gasteiger partial charge in [0.15, 0.2) is 0 Å². The summed E-state index contributed by atoms with van der Waals surface area (Å²) >= 11 is 1.42. The van der Waals surface area contributed by atoms with Crippen molar-refractivity contribution in [3.63, 3.8) is 0 Å². The van der Waals surface area contributed by atoms with Crippen LogP contribution in [-0.4, -0.2) is 9.91 Å². The van der Waals surface area contributed by atoms with Crippen molar-refractivity contribution in [2.24, 2.45) is 0 Å². The number of benzene rings is 2. The molecule has 0 atom stereocenters. The van der Waals surface area contributed by atoms with Gasteiger partial charge in [0, 0.05) is 33.6 Å². The molecule has 5 nitrogen and oxygen atoms in total.